The average molecular weight is 2000 g/mol. The van der Waals surface area contributed by atoms with Crippen LogP contribution in [-0.2, 0) is 100 Å². The average Bonchev–Trinajstić information content (AvgIpc) is 1.73. The Labute approximate surface area is 859 Å². The van der Waals surface area contributed by atoms with Crippen LogP contribution in [0.4, 0.5) is 0 Å². The number of nitrogens with zero attached hydrogens (tertiary/aromatic N) is 1. The molecule has 1 saturated heterocycles. The number of hydrogen-bond donors (Lipinski definition) is 2. The first-order chi connectivity index (χ1) is 68.8. The van der Waals surface area contributed by atoms with E-state index in [0.29, 0.717) is 30.7 Å². The second-order valence-corrected chi connectivity index (χ2v) is 40.3. The summed E-state index contributed by atoms with van der Waals surface area (Å²) in [5, 5.41) is 18.7. The molecule has 2 N–H and O–H groups in total. The topological polar surface area (TPSA) is 332 Å². The number of imide groups is 1. The van der Waals surface area contributed by atoms with Crippen molar-refractivity contribution in [3.8, 4) is 0 Å². The van der Waals surface area contributed by atoms with Crippen molar-refractivity contribution in [2.75, 3.05) is 39.6 Å². The lowest BCUT2D eigenvalue weighted by molar-refractivity contribution is -0.197. The fraction of sp³-hybridized carbons (Fsp3) is 0.897. The van der Waals surface area contributed by atoms with E-state index < -0.39 is 78.3 Å². The van der Waals surface area contributed by atoms with Crippen molar-refractivity contribution < 1.29 is 110 Å². The fourth-order valence-electron chi connectivity index (χ4n) is 17.3. The molecule has 826 valence electrons. The Morgan fingerprint density at radius 1 is 0.206 bits per heavy atom. The largest absolute Gasteiger partial charge is 0.481 e. The number of esters is 8. The summed E-state index contributed by atoms with van der Waals surface area (Å²) in [6.07, 6.45) is 93.7. The zero-order chi connectivity index (χ0) is 103. The van der Waals surface area contributed by atoms with Gasteiger partial charge in [-0.05, 0) is 38.5 Å². The lowest BCUT2D eigenvalue weighted by Crippen LogP contribution is -2.32. The molecule has 141 heavy (non-hydrogen) atoms. The Hall–Kier alpha value is -6.20. The van der Waals surface area contributed by atoms with Crippen LogP contribution in [0.15, 0.2) is 0 Å². The highest BCUT2D eigenvalue weighted by Crippen LogP contribution is 2.23. The van der Waals surface area contributed by atoms with Crippen molar-refractivity contribution in [2.45, 2.75) is 638 Å². The third-order valence-electron chi connectivity index (χ3n) is 26.4. The van der Waals surface area contributed by atoms with Crippen molar-refractivity contribution >= 4 is 71.5 Å². The molecular formula is C117H215NO23. The van der Waals surface area contributed by atoms with Gasteiger partial charge in [-0.1, -0.05) is 504 Å². The maximum atomic E-state index is 12.7. The van der Waals surface area contributed by atoms with Crippen LogP contribution in [0.3, 0.4) is 0 Å². The minimum atomic E-state index is -1.09. The van der Waals surface area contributed by atoms with Crippen LogP contribution in [0.1, 0.15) is 619 Å². The molecule has 24 nitrogen and oxygen atoms in total. The van der Waals surface area contributed by atoms with Crippen molar-refractivity contribution in [1.29, 1.82) is 0 Å². The van der Waals surface area contributed by atoms with Gasteiger partial charge in [-0.25, -0.2) is 4.79 Å². The highest BCUT2D eigenvalue weighted by molar-refractivity contribution is 6.01. The van der Waals surface area contributed by atoms with Crippen molar-refractivity contribution in [2.24, 2.45) is 0 Å². The number of carboxylic acids is 1. The van der Waals surface area contributed by atoms with E-state index in [1.807, 2.05) is 0 Å². The van der Waals surface area contributed by atoms with Crippen molar-refractivity contribution in [3.63, 3.8) is 0 Å². The number of carboxylic acid groups (broad SMARTS) is 1. The summed E-state index contributed by atoms with van der Waals surface area (Å²) in [6, 6.07) is 0. The molecule has 0 aliphatic carbocycles. The van der Waals surface area contributed by atoms with Gasteiger partial charge in [0, 0.05) is 51.4 Å². The van der Waals surface area contributed by atoms with Crippen LogP contribution in [-0.4, -0.2) is 145 Å². The van der Waals surface area contributed by atoms with E-state index in [2.05, 4.69) is 41.5 Å². The molecule has 0 spiro atoms. The molecule has 0 radical (unpaired) electrons. The van der Waals surface area contributed by atoms with E-state index >= 15 is 0 Å². The number of hydrogen-bond acceptors (Lipinski definition) is 22. The first-order valence-corrected chi connectivity index (χ1v) is 59.0. The first kappa shape index (κ1) is 137. The maximum Gasteiger partial charge on any atom is 0.333 e. The Morgan fingerprint density at radius 2 is 0.355 bits per heavy atom. The Kier molecular flexibility index (Phi) is 106. The summed E-state index contributed by atoms with van der Waals surface area (Å²) in [5.41, 5.74) is 0. The second-order valence-electron chi connectivity index (χ2n) is 40.3. The van der Waals surface area contributed by atoms with Crippen LogP contribution < -0.4 is 0 Å². The minimum absolute atomic E-state index is 0.0302. The molecule has 2 amide bonds. The molecule has 0 bridgehead atoms. The molecule has 0 aromatic rings. The number of aliphatic carboxylic acids is 1. The van der Waals surface area contributed by atoms with E-state index in [0.717, 1.165) is 109 Å². The number of hydroxylamine groups is 2. The quantitative estimate of drug-likeness (QED) is 0.0247. The predicted octanol–water partition coefficient (Wildman–Crippen LogP) is 31.5. The van der Waals surface area contributed by atoms with Gasteiger partial charge >= 0.3 is 59.7 Å². The summed E-state index contributed by atoms with van der Waals surface area (Å²) in [5.74, 6) is -6.87. The molecule has 0 aromatic heterocycles. The number of ether oxygens (including phenoxy) is 8. The molecule has 1 aliphatic rings. The predicted molar refractivity (Wildman–Crippen MR) is 567 cm³/mol. The molecular weight excluding hydrogens is 1790 g/mol. The number of carbonyl (C=O) groups is 12. The number of aliphatic hydroxyl groups excluding tert-OH is 1. The highest BCUT2D eigenvalue weighted by atomic mass is 16.7. The van der Waals surface area contributed by atoms with Crippen molar-refractivity contribution in [3.05, 3.63) is 0 Å². The molecule has 0 saturated carbocycles. The zero-order valence-electron chi connectivity index (χ0n) is 91.5. The lowest BCUT2D eigenvalue weighted by Gasteiger charge is -2.18. The Balaban J connectivity index is 0. The summed E-state index contributed by atoms with van der Waals surface area (Å²) in [4.78, 5) is 149. The van der Waals surface area contributed by atoms with Gasteiger partial charge in [0.05, 0.1) is 32.3 Å². The first-order valence-electron chi connectivity index (χ1n) is 59.0. The maximum absolute atomic E-state index is 12.7. The Morgan fingerprint density at radius 3 is 0.539 bits per heavy atom. The summed E-state index contributed by atoms with van der Waals surface area (Å²) in [6.45, 7) is 12.1. The van der Waals surface area contributed by atoms with Gasteiger partial charge < -0.3 is 52.9 Å². The fourth-order valence-corrected chi connectivity index (χ4v) is 17.3. The van der Waals surface area contributed by atoms with Crippen LogP contribution in [0, 0.1) is 0 Å². The van der Waals surface area contributed by atoms with Gasteiger partial charge in [0.2, 0.25) is 0 Å². The van der Waals surface area contributed by atoms with Gasteiger partial charge in [-0.2, -0.15) is 0 Å². The molecule has 1 rings (SSSR count). The molecule has 1 fully saturated rings. The third-order valence-corrected chi connectivity index (χ3v) is 26.4. The molecule has 1 aliphatic heterocycles. The molecule has 24 heteroatoms. The lowest BCUT2D eigenvalue weighted by atomic mass is 10.0. The minimum Gasteiger partial charge on any atom is -0.481 e. The normalized spacial score (nSPS) is 12.4. The highest BCUT2D eigenvalue weighted by Gasteiger charge is 2.33. The van der Waals surface area contributed by atoms with E-state index in [1.165, 1.54) is 385 Å². The standard InChI is InChI=1S/C43H75NO10.C39H72O8.C35H68O5/c1-3-5-7-9-11-13-15-17-19-21-23-25-27-29-40(47)51-35-37(36-52-41(48)33-34-43(50)54-44-38(45)31-32-39(44)46)53-42(49)30-28-26-24-22-20-18-16-14-12-10-8-6-4-2;1-3-5-7-9-11-13-15-17-19-21-23-25-27-29-37(42)45-33-35(34-46-38(43)32-31-36(40)41)47-39(44)30-28-26-24-22-20-18-16-14-12-10-8-6-4-2;1-3-5-7-9-11-13-15-17-19-21-23-25-27-29-34(37)39-32-33(31-36)40-35(38)30-28-26-24-22-20-18-16-14-12-10-8-6-4-2/h37H,3-36H2,1-2H3;35H,3-34H2,1-2H3,(H,40,41);33,36H,3-32H2,1-2H3/t37-;35-;33-/m110/s1. The van der Waals surface area contributed by atoms with E-state index in [1.54, 1.807) is 0 Å². The molecule has 0 aromatic carbocycles. The van der Waals surface area contributed by atoms with E-state index in [4.69, 9.17) is 47.8 Å². The summed E-state index contributed by atoms with van der Waals surface area (Å²) in [7, 11) is 0. The van der Waals surface area contributed by atoms with Crippen LogP contribution >= 0.6 is 0 Å². The number of rotatable bonds is 105. The van der Waals surface area contributed by atoms with E-state index in [-0.39, 0.29) is 109 Å². The van der Waals surface area contributed by atoms with Gasteiger partial charge in [0.15, 0.2) is 18.3 Å². The number of unbranched alkanes of at least 4 members (excludes halogenated alkanes) is 72. The smallest absolute Gasteiger partial charge is 0.333 e. The van der Waals surface area contributed by atoms with Crippen molar-refractivity contribution in [1.82, 2.24) is 5.06 Å². The Bertz CT molecular complexity index is 2890. The summed E-state index contributed by atoms with van der Waals surface area (Å²) < 4.78 is 42.7. The van der Waals surface area contributed by atoms with Crippen LogP contribution in [0.5, 0.6) is 0 Å². The van der Waals surface area contributed by atoms with Gasteiger partial charge in [-0.15, -0.1) is 5.06 Å². The monoisotopic (exact) mass is 2000 g/mol. The van der Waals surface area contributed by atoms with Gasteiger partial charge in [0.25, 0.3) is 11.8 Å². The van der Waals surface area contributed by atoms with Crippen LogP contribution in [0.2, 0.25) is 0 Å². The molecule has 3 atom stereocenters. The van der Waals surface area contributed by atoms with Gasteiger partial charge in [0.1, 0.15) is 33.0 Å². The van der Waals surface area contributed by atoms with Crippen LogP contribution in [0.25, 0.3) is 0 Å². The number of amides is 2. The zero-order valence-corrected chi connectivity index (χ0v) is 91.5. The SMILES string of the molecule is CCCCCCCCCCCCCCCC(=O)OC[C@H](CO)OC(=O)CCCCCCCCCCCCCCC.CCCCCCCCCCCCCCCC(=O)OC[C@H](COC(=O)CCC(=O)O)OC(=O)CCCCCCCCCCCCCCC.CCCCCCCCCCCCCCCC(=O)OC[C@H](COC(=O)CCC(=O)ON1C(=O)CCC1=O)OC(=O)CCCCCCCCCCCCCCC. The second kappa shape index (κ2) is 109. The number of carbonyl (C=O) groups excluding carboxylic acids is 11. The summed E-state index contributed by atoms with van der Waals surface area (Å²) >= 11 is 0. The number of aliphatic hydroxyl groups is 1. The molecule has 0 unspecified atom stereocenters. The van der Waals surface area contributed by atoms with Gasteiger partial charge in [-0.3, -0.25) is 52.7 Å². The molecule has 1 heterocycles. The van der Waals surface area contributed by atoms with E-state index in [9.17, 15) is 62.6 Å². The third kappa shape index (κ3) is 104.